The van der Waals surface area contributed by atoms with Crippen LogP contribution in [0.3, 0.4) is 0 Å². The van der Waals surface area contributed by atoms with Gasteiger partial charge in [-0.25, -0.2) is 9.97 Å². The van der Waals surface area contributed by atoms with Crippen molar-refractivity contribution in [3.63, 3.8) is 0 Å². The summed E-state index contributed by atoms with van der Waals surface area (Å²) in [7, 11) is 0. The Morgan fingerprint density at radius 2 is 2.22 bits per heavy atom. The fourth-order valence-corrected chi connectivity index (χ4v) is 5.11. The summed E-state index contributed by atoms with van der Waals surface area (Å²) >= 11 is 1.41. The summed E-state index contributed by atoms with van der Waals surface area (Å²) < 4.78 is 5.26. The van der Waals surface area contributed by atoms with Gasteiger partial charge in [0.05, 0.1) is 23.3 Å². The van der Waals surface area contributed by atoms with Crippen LogP contribution in [0.25, 0.3) is 0 Å². The third-order valence-electron chi connectivity index (χ3n) is 5.51. The number of aryl methyl sites for hydroxylation is 1. The molecule has 0 unspecified atom stereocenters. The second kappa shape index (κ2) is 7.07. The number of carbonyl (C=O) groups excluding carboxylic acids is 2. The summed E-state index contributed by atoms with van der Waals surface area (Å²) in [5.41, 5.74) is 2.92. The number of nitrogens with zero attached hydrogens (tertiary/aromatic N) is 3. The van der Waals surface area contributed by atoms with E-state index in [1.54, 1.807) is 5.51 Å². The summed E-state index contributed by atoms with van der Waals surface area (Å²) in [6, 6.07) is 0.168. The summed E-state index contributed by atoms with van der Waals surface area (Å²) in [6.07, 6.45) is 4.74. The number of rotatable bonds is 5. The molecule has 0 aromatic carbocycles. The van der Waals surface area contributed by atoms with Gasteiger partial charge in [-0.15, -0.1) is 11.3 Å². The lowest BCUT2D eigenvalue weighted by atomic mass is 9.95. The Kier molecular flexibility index (Phi) is 4.75. The molecule has 1 N–H and O–H groups in total. The molecule has 2 saturated heterocycles. The van der Waals surface area contributed by atoms with E-state index in [1.165, 1.54) is 17.6 Å². The molecule has 3 atom stereocenters. The summed E-state index contributed by atoms with van der Waals surface area (Å²) in [5.74, 6) is 0.589. The van der Waals surface area contributed by atoms with Gasteiger partial charge in [-0.1, -0.05) is 20.8 Å². The van der Waals surface area contributed by atoms with Crippen LogP contribution < -0.4 is 5.32 Å². The average molecular weight is 388 g/mol. The summed E-state index contributed by atoms with van der Waals surface area (Å²) in [5, 5.41) is 3.06. The molecule has 0 spiro atoms. The van der Waals surface area contributed by atoms with Crippen molar-refractivity contribution in [1.29, 1.82) is 0 Å². The smallest absolute Gasteiger partial charge is 0.273 e. The van der Waals surface area contributed by atoms with Crippen molar-refractivity contribution >= 4 is 23.2 Å². The third kappa shape index (κ3) is 3.16. The predicted molar refractivity (Wildman–Crippen MR) is 101 cm³/mol. The van der Waals surface area contributed by atoms with Crippen molar-refractivity contribution in [2.24, 2.45) is 0 Å². The van der Waals surface area contributed by atoms with E-state index in [-0.39, 0.29) is 35.9 Å². The number of hydrogen-bond donors (Lipinski definition) is 1. The number of carbonyl (C=O) groups is 2. The maximum Gasteiger partial charge on any atom is 0.273 e. The topological polar surface area (TPSA) is 88.3 Å². The fourth-order valence-electron chi connectivity index (χ4n) is 4.22. The molecule has 8 heteroatoms. The Morgan fingerprint density at radius 1 is 1.41 bits per heavy atom. The standard InChI is InChI=1S/C19H24N4O3S/c1-4-15-21-13(8-26-15)18(24)22-12-7-11-5-6-14(12)23(11)19(25)17-16(10(2)3)20-9-27-17/h8-12,14H,4-7H2,1-3H3,(H,22,24)/t11-,12+,14+/m0/s1. The molecule has 4 heterocycles. The van der Waals surface area contributed by atoms with Crippen molar-refractivity contribution in [3.8, 4) is 0 Å². The predicted octanol–water partition coefficient (Wildman–Crippen LogP) is 2.99. The number of fused-ring (bicyclic) bond motifs is 2. The van der Waals surface area contributed by atoms with Gasteiger partial charge in [0.25, 0.3) is 11.8 Å². The number of oxazole rings is 1. The van der Waals surface area contributed by atoms with E-state index in [1.807, 2.05) is 11.8 Å². The van der Waals surface area contributed by atoms with Crippen molar-refractivity contribution in [1.82, 2.24) is 20.2 Å². The second-order valence-electron chi connectivity index (χ2n) is 7.53. The average Bonchev–Trinajstić information content (AvgIpc) is 3.42. The first-order valence-electron chi connectivity index (χ1n) is 9.50. The van der Waals surface area contributed by atoms with Crippen LogP contribution >= 0.6 is 11.3 Å². The van der Waals surface area contributed by atoms with Crippen molar-refractivity contribution in [2.45, 2.75) is 70.5 Å². The molecule has 2 aromatic heterocycles. The minimum atomic E-state index is -0.232. The highest BCUT2D eigenvalue weighted by molar-refractivity contribution is 7.11. The number of thiazole rings is 1. The Morgan fingerprint density at radius 3 is 2.93 bits per heavy atom. The highest BCUT2D eigenvalue weighted by atomic mass is 32.1. The zero-order chi connectivity index (χ0) is 19.1. The van der Waals surface area contributed by atoms with Gasteiger partial charge >= 0.3 is 0 Å². The number of aromatic nitrogens is 2. The molecule has 7 nitrogen and oxygen atoms in total. The number of amides is 2. The first-order chi connectivity index (χ1) is 13.0. The zero-order valence-electron chi connectivity index (χ0n) is 15.8. The van der Waals surface area contributed by atoms with E-state index < -0.39 is 0 Å². The molecule has 2 bridgehead atoms. The van der Waals surface area contributed by atoms with Crippen molar-refractivity contribution < 1.29 is 14.0 Å². The molecule has 144 valence electrons. The maximum atomic E-state index is 13.2. The fraction of sp³-hybridized carbons (Fsp3) is 0.579. The molecule has 0 saturated carbocycles. The van der Waals surface area contributed by atoms with Gasteiger partial charge < -0.3 is 14.6 Å². The summed E-state index contributed by atoms with van der Waals surface area (Å²) in [6.45, 7) is 6.03. The first-order valence-corrected chi connectivity index (χ1v) is 10.4. The van der Waals surface area contributed by atoms with E-state index >= 15 is 0 Å². The van der Waals surface area contributed by atoms with Gasteiger partial charge in [0.1, 0.15) is 11.1 Å². The minimum absolute atomic E-state index is 0.0334. The Hall–Kier alpha value is -2.22. The molecular weight excluding hydrogens is 364 g/mol. The molecule has 2 aliphatic heterocycles. The Balaban J connectivity index is 1.49. The monoisotopic (exact) mass is 388 g/mol. The largest absolute Gasteiger partial charge is 0.448 e. The zero-order valence-corrected chi connectivity index (χ0v) is 16.6. The van der Waals surface area contributed by atoms with Crippen LogP contribution in [-0.2, 0) is 6.42 Å². The van der Waals surface area contributed by atoms with Crippen LogP contribution in [0, 0.1) is 0 Å². The lowest BCUT2D eigenvalue weighted by Gasteiger charge is -2.25. The SMILES string of the molecule is CCc1nc(C(=O)N[C@@H]2C[C@@H]3CC[C@H]2N3C(=O)c2scnc2C(C)C)co1. The lowest BCUT2D eigenvalue weighted by Crippen LogP contribution is -2.45. The normalized spacial score (nSPS) is 24.0. The molecule has 2 fully saturated rings. The van der Waals surface area contributed by atoms with Crippen LogP contribution in [0.2, 0.25) is 0 Å². The molecule has 0 radical (unpaired) electrons. The van der Waals surface area contributed by atoms with E-state index in [4.69, 9.17) is 4.42 Å². The molecule has 27 heavy (non-hydrogen) atoms. The first kappa shape index (κ1) is 18.2. The van der Waals surface area contributed by atoms with Gasteiger partial charge in [0, 0.05) is 12.5 Å². The van der Waals surface area contributed by atoms with E-state index in [0.717, 1.165) is 29.8 Å². The van der Waals surface area contributed by atoms with Crippen LogP contribution in [0.5, 0.6) is 0 Å². The third-order valence-corrected chi connectivity index (χ3v) is 6.34. The molecule has 2 amide bonds. The minimum Gasteiger partial charge on any atom is -0.448 e. The van der Waals surface area contributed by atoms with Crippen LogP contribution in [0.1, 0.15) is 77.7 Å². The van der Waals surface area contributed by atoms with Gasteiger partial charge in [0.2, 0.25) is 0 Å². The van der Waals surface area contributed by atoms with Crippen molar-refractivity contribution in [2.75, 3.05) is 0 Å². The molecular formula is C19H24N4O3S. The number of hydrogen-bond acceptors (Lipinski definition) is 6. The summed E-state index contributed by atoms with van der Waals surface area (Å²) in [4.78, 5) is 37.0. The van der Waals surface area contributed by atoms with Crippen LogP contribution in [0.15, 0.2) is 16.2 Å². The maximum absolute atomic E-state index is 13.2. The lowest BCUT2D eigenvalue weighted by molar-refractivity contribution is 0.0719. The quantitative estimate of drug-likeness (QED) is 0.851. The van der Waals surface area contributed by atoms with Crippen LogP contribution in [-0.4, -0.2) is 44.8 Å². The Bertz CT molecular complexity index is 859. The molecule has 4 rings (SSSR count). The Labute approximate surface area is 162 Å². The van der Waals surface area contributed by atoms with Crippen LogP contribution in [0.4, 0.5) is 0 Å². The highest BCUT2D eigenvalue weighted by Crippen LogP contribution is 2.40. The number of nitrogens with one attached hydrogen (secondary N) is 1. The van der Waals surface area contributed by atoms with E-state index in [0.29, 0.717) is 18.0 Å². The molecule has 2 aliphatic rings. The van der Waals surface area contributed by atoms with Gasteiger partial charge in [-0.2, -0.15) is 0 Å². The highest BCUT2D eigenvalue weighted by Gasteiger charge is 2.49. The van der Waals surface area contributed by atoms with Gasteiger partial charge in [0.15, 0.2) is 11.6 Å². The van der Waals surface area contributed by atoms with Gasteiger partial charge in [-0.05, 0) is 25.2 Å². The molecule has 0 aliphatic carbocycles. The van der Waals surface area contributed by atoms with E-state index in [2.05, 4.69) is 29.1 Å². The van der Waals surface area contributed by atoms with Crippen molar-refractivity contribution in [3.05, 3.63) is 33.9 Å². The molecule has 2 aromatic rings. The van der Waals surface area contributed by atoms with Gasteiger partial charge in [-0.3, -0.25) is 9.59 Å². The second-order valence-corrected chi connectivity index (χ2v) is 8.38. The van der Waals surface area contributed by atoms with E-state index in [9.17, 15) is 9.59 Å².